The molecule has 2 unspecified atom stereocenters. The minimum Gasteiger partial charge on any atom is -0.545 e. The summed E-state index contributed by atoms with van der Waals surface area (Å²) in [6.45, 7) is 17.6. The second kappa shape index (κ2) is 24.5. The molecule has 32 heavy (non-hydrogen) atoms. The summed E-state index contributed by atoms with van der Waals surface area (Å²) in [5, 5.41) is 9.49. The van der Waals surface area contributed by atoms with Crippen molar-refractivity contribution < 1.29 is 68.1 Å². The Labute approximate surface area is 222 Å². The SMILES string of the molecule is C=C(C)C(=O)OC(C)C(=O)OCCCC.C=C(C)C(=O)[O-].CCCCOC(=O)C(C)Br.[Na+]. The molecule has 0 bridgehead atoms. The standard InChI is InChI=1S/C11H18O4.C7H13BrO2.C4H6O2.Na/c1-5-6-7-14-11(13)9(4)15-10(12)8(2)3;1-3-4-5-10-7(9)6(2)8;1-3(2)4(5)6;/h9H,2,5-7H2,1,3-4H3;6H,3-5H2,1-2H3;1H2,2H3,(H,5,6);/q;;;+1/p-1. The van der Waals surface area contributed by atoms with Crippen molar-refractivity contribution >= 4 is 39.8 Å². The topological polar surface area (TPSA) is 119 Å². The zero-order valence-corrected chi connectivity index (χ0v) is 24.0. The fourth-order valence-electron chi connectivity index (χ4n) is 1.18. The van der Waals surface area contributed by atoms with E-state index in [-0.39, 0.29) is 51.5 Å². The predicted octanol–water partition coefficient (Wildman–Crippen LogP) is 0.267. The van der Waals surface area contributed by atoms with E-state index in [1.807, 2.05) is 6.92 Å². The number of unbranched alkanes of at least 4 members (excludes halogenated alkanes) is 2. The number of aliphatic carboxylic acids is 1. The molecule has 0 N–H and O–H groups in total. The Hall–Kier alpha value is -1.16. The van der Waals surface area contributed by atoms with Crippen LogP contribution in [0.15, 0.2) is 24.3 Å². The number of carbonyl (C=O) groups is 4. The van der Waals surface area contributed by atoms with Gasteiger partial charge < -0.3 is 24.1 Å². The van der Waals surface area contributed by atoms with Gasteiger partial charge in [0.1, 0.15) is 4.83 Å². The third kappa shape index (κ3) is 26.9. The zero-order chi connectivity index (χ0) is 25.0. The van der Waals surface area contributed by atoms with Gasteiger partial charge in [-0.3, -0.25) is 4.79 Å². The fourth-order valence-corrected chi connectivity index (χ4v) is 1.31. The summed E-state index contributed by atoms with van der Waals surface area (Å²) >= 11 is 3.12. The second-order valence-electron chi connectivity index (χ2n) is 6.55. The van der Waals surface area contributed by atoms with Crippen molar-refractivity contribution in [3.8, 4) is 0 Å². The maximum atomic E-state index is 11.2. The van der Waals surface area contributed by atoms with E-state index in [9.17, 15) is 24.3 Å². The van der Waals surface area contributed by atoms with Gasteiger partial charge in [0.05, 0.1) is 19.2 Å². The van der Waals surface area contributed by atoms with E-state index in [1.165, 1.54) is 20.8 Å². The summed E-state index contributed by atoms with van der Waals surface area (Å²) in [4.78, 5) is 42.4. The van der Waals surface area contributed by atoms with Crippen LogP contribution in [0.1, 0.15) is 67.2 Å². The van der Waals surface area contributed by atoms with Gasteiger partial charge in [-0.05, 0) is 46.1 Å². The van der Waals surface area contributed by atoms with Crippen LogP contribution < -0.4 is 34.7 Å². The van der Waals surface area contributed by atoms with Crippen LogP contribution in [0, 0.1) is 0 Å². The van der Waals surface area contributed by atoms with Crippen LogP contribution in [0.5, 0.6) is 0 Å². The van der Waals surface area contributed by atoms with Crippen molar-refractivity contribution in [1.82, 2.24) is 0 Å². The number of halogens is 1. The summed E-state index contributed by atoms with van der Waals surface area (Å²) in [6.07, 6.45) is 2.90. The average molecular weight is 531 g/mol. The van der Waals surface area contributed by atoms with E-state index < -0.39 is 24.0 Å². The van der Waals surface area contributed by atoms with Crippen molar-refractivity contribution in [3.05, 3.63) is 24.3 Å². The third-order valence-corrected chi connectivity index (χ3v) is 3.50. The average Bonchev–Trinajstić information content (AvgIpc) is 2.68. The van der Waals surface area contributed by atoms with E-state index in [4.69, 9.17) is 14.2 Å². The van der Waals surface area contributed by atoms with Crippen LogP contribution in [-0.4, -0.2) is 48.0 Å². The van der Waals surface area contributed by atoms with Gasteiger partial charge in [0.2, 0.25) is 0 Å². The van der Waals surface area contributed by atoms with E-state index in [1.54, 1.807) is 6.92 Å². The monoisotopic (exact) mass is 530 g/mol. The summed E-state index contributed by atoms with van der Waals surface area (Å²) in [6, 6.07) is 0. The van der Waals surface area contributed by atoms with Gasteiger partial charge in [0.25, 0.3) is 0 Å². The molecule has 0 heterocycles. The Balaban J connectivity index is -0.000000199. The number of esters is 3. The first kappa shape index (κ1) is 38.1. The van der Waals surface area contributed by atoms with Crippen molar-refractivity contribution in [2.75, 3.05) is 13.2 Å². The molecule has 0 aromatic carbocycles. The van der Waals surface area contributed by atoms with Gasteiger partial charge in [0, 0.05) is 5.57 Å². The summed E-state index contributed by atoms with van der Waals surface area (Å²) in [5.41, 5.74) is 0.332. The number of ether oxygens (including phenoxy) is 3. The van der Waals surface area contributed by atoms with E-state index in [2.05, 4.69) is 36.0 Å². The van der Waals surface area contributed by atoms with Crippen LogP contribution in [-0.2, 0) is 33.4 Å². The maximum absolute atomic E-state index is 11.2. The molecule has 0 saturated carbocycles. The Morgan fingerprint density at radius 3 is 1.53 bits per heavy atom. The molecule has 0 aliphatic rings. The van der Waals surface area contributed by atoms with Crippen molar-refractivity contribution in [3.63, 3.8) is 0 Å². The molecule has 0 saturated heterocycles. The first-order valence-electron chi connectivity index (χ1n) is 10.0. The number of hydrogen-bond acceptors (Lipinski definition) is 8. The Kier molecular flexibility index (Phi) is 29.2. The van der Waals surface area contributed by atoms with Crippen LogP contribution in [0.2, 0.25) is 0 Å². The molecule has 0 amide bonds. The van der Waals surface area contributed by atoms with Gasteiger partial charge in [-0.15, -0.1) is 0 Å². The third-order valence-electron chi connectivity index (χ3n) is 3.12. The number of carboxylic acid groups (broad SMARTS) is 1. The van der Waals surface area contributed by atoms with Crippen LogP contribution in [0.3, 0.4) is 0 Å². The molecule has 0 radical (unpaired) electrons. The van der Waals surface area contributed by atoms with Crippen molar-refractivity contribution in [2.24, 2.45) is 0 Å². The molecule has 0 rings (SSSR count). The minimum absolute atomic E-state index is 0. The van der Waals surface area contributed by atoms with E-state index in [0.29, 0.717) is 13.2 Å². The number of rotatable bonds is 11. The molecule has 10 heteroatoms. The Bertz CT molecular complexity index is 578. The predicted molar refractivity (Wildman–Crippen MR) is 120 cm³/mol. The molecule has 0 aromatic rings. The molecule has 0 spiro atoms. The molecule has 8 nitrogen and oxygen atoms in total. The van der Waals surface area contributed by atoms with E-state index in [0.717, 1.165) is 25.7 Å². The van der Waals surface area contributed by atoms with E-state index >= 15 is 0 Å². The zero-order valence-electron chi connectivity index (χ0n) is 20.5. The van der Waals surface area contributed by atoms with Gasteiger partial charge >= 0.3 is 47.5 Å². The number of alkyl halides is 1. The molecular formula is C22H36BrNaO8. The van der Waals surface area contributed by atoms with Gasteiger partial charge in [-0.2, -0.15) is 0 Å². The normalized spacial score (nSPS) is 10.8. The molecule has 0 aliphatic heterocycles. The van der Waals surface area contributed by atoms with Crippen molar-refractivity contribution in [1.29, 1.82) is 0 Å². The minimum atomic E-state index is -1.19. The van der Waals surface area contributed by atoms with Gasteiger partial charge in [0.15, 0.2) is 6.10 Å². The summed E-state index contributed by atoms with van der Waals surface area (Å²) < 4.78 is 14.5. The molecule has 0 aliphatic carbocycles. The molecule has 2 atom stereocenters. The quantitative estimate of drug-likeness (QED) is 0.0931. The molecule has 0 aromatic heterocycles. The first-order chi connectivity index (χ1) is 14.3. The van der Waals surface area contributed by atoms with Crippen molar-refractivity contribution in [2.45, 2.75) is 78.2 Å². The van der Waals surface area contributed by atoms with Crippen LogP contribution in [0.25, 0.3) is 0 Å². The number of hydrogen-bond donors (Lipinski definition) is 0. The summed E-state index contributed by atoms with van der Waals surface area (Å²) in [5.74, 6) is -2.45. The second-order valence-corrected chi connectivity index (χ2v) is 7.93. The van der Waals surface area contributed by atoms with Gasteiger partial charge in [-0.25, -0.2) is 9.59 Å². The molecular weight excluding hydrogens is 495 g/mol. The molecule has 0 fully saturated rings. The Morgan fingerprint density at radius 2 is 1.25 bits per heavy atom. The summed E-state index contributed by atoms with van der Waals surface area (Å²) in [7, 11) is 0. The first-order valence-corrected chi connectivity index (χ1v) is 10.9. The maximum Gasteiger partial charge on any atom is 1.00 e. The molecule has 180 valence electrons. The van der Waals surface area contributed by atoms with Crippen LogP contribution >= 0.6 is 15.9 Å². The fraction of sp³-hybridized carbons (Fsp3) is 0.636. The number of carbonyl (C=O) groups excluding carboxylic acids is 4. The number of carboxylic acids is 1. The van der Waals surface area contributed by atoms with Gasteiger partial charge in [-0.1, -0.05) is 55.8 Å². The van der Waals surface area contributed by atoms with Crippen LogP contribution in [0.4, 0.5) is 0 Å². The largest absolute Gasteiger partial charge is 1.00 e. The smallest absolute Gasteiger partial charge is 0.545 e. The Morgan fingerprint density at radius 1 is 0.875 bits per heavy atom.